The highest BCUT2D eigenvalue weighted by atomic mass is 32.4. The minimum atomic E-state index is -0.235. The van der Waals surface area contributed by atoms with Crippen LogP contribution in [0.5, 0.6) is 0 Å². The summed E-state index contributed by atoms with van der Waals surface area (Å²) < 4.78 is 0.777. The summed E-state index contributed by atoms with van der Waals surface area (Å²) in [5.74, 6) is 0. The molecule has 41 valence electrons. The van der Waals surface area contributed by atoms with Crippen molar-refractivity contribution in [2.75, 3.05) is 0 Å². The van der Waals surface area contributed by atoms with Gasteiger partial charge in [-0.15, -0.1) is 23.8 Å². The first-order valence-electron chi connectivity index (χ1n) is 1.84. The molecule has 0 heterocycles. The Hall–Kier alpha value is 1.01. The number of hydrogen-bond acceptors (Lipinski definition) is 2. The topological polar surface area (TPSA) is 0 Å². The number of thiol groups is 1. The van der Waals surface area contributed by atoms with Crippen LogP contribution in [0.15, 0.2) is 0 Å². The summed E-state index contributed by atoms with van der Waals surface area (Å²) in [4.78, 5) is 0. The third kappa shape index (κ3) is 7.01. The Morgan fingerprint density at radius 2 is 2.14 bits per heavy atom. The Kier molecular flexibility index (Phi) is 4.51. The fourth-order valence-electron chi connectivity index (χ4n) is 0.175. The Morgan fingerprint density at radius 1 is 1.71 bits per heavy atom. The monoisotopic (exact) mass is 167 g/mol. The summed E-state index contributed by atoms with van der Waals surface area (Å²) in [6, 6.07) is 0. The minimum absolute atomic E-state index is 0.235. The smallest absolute Gasteiger partial charge is 0.123 e. The van der Waals surface area contributed by atoms with Gasteiger partial charge in [0.15, 0.2) is 0 Å². The van der Waals surface area contributed by atoms with Crippen molar-refractivity contribution in [2.24, 2.45) is 0 Å². The van der Waals surface area contributed by atoms with E-state index < -0.39 is 0 Å². The molecule has 0 bridgehead atoms. The molecule has 0 aromatic rings. The molecule has 0 nitrogen and oxygen atoms in total. The second-order valence-corrected chi connectivity index (χ2v) is 8.49. The minimum Gasteiger partial charge on any atom is -0.136 e. The van der Waals surface area contributed by atoms with Crippen molar-refractivity contribution in [1.82, 2.24) is 0 Å². The quantitative estimate of drug-likeness (QED) is 0.361. The molecule has 0 unspecified atom stereocenters. The van der Waals surface area contributed by atoms with Crippen molar-refractivity contribution in [1.29, 1.82) is 0 Å². The molecule has 0 spiro atoms. The van der Waals surface area contributed by atoms with Crippen molar-refractivity contribution in [3.05, 3.63) is 0 Å². The lowest BCUT2D eigenvalue weighted by molar-refractivity contribution is 2.11. The van der Waals surface area contributed by atoms with Gasteiger partial charge in [0.1, 0.15) is 7.95 Å². The molecule has 0 N–H and O–H groups in total. The van der Waals surface area contributed by atoms with Crippen LogP contribution < -0.4 is 0 Å². The molecule has 1 radical (unpaired) electrons. The molecular formula is C3H7S3Si. The maximum atomic E-state index is 4.72. The van der Waals surface area contributed by atoms with Crippen LogP contribution in [0.2, 0.25) is 13.1 Å². The highest BCUT2D eigenvalue weighted by Crippen LogP contribution is 2.10. The van der Waals surface area contributed by atoms with Crippen LogP contribution in [-0.4, -0.2) is 11.5 Å². The molecule has 0 aromatic carbocycles. The lowest BCUT2D eigenvalue weighted by Crippen LogP contribution is -1.93. The first-order valence-corrected chi connectivity index (χ1v) is 6.73. The van der Waals surface area contributed by atoms with E-state index in [-0.39, 0.29) is 7.95 Å². The molecule has 0 fully saturated rings. The molecule has 0 aromatic heterocycles. The van der Waals surface area contributed by atoms with Gasteiger partial charge in [-0.2, -0.15) is 0 Å². The van der Waals surface area contributed by atoms with Gasteiger partial charge in [-0.25, -0.2) is 0 Å². The largest absolute Gasteiger partial charge is 0.136 e. The predicted molar refractivity (Wildman–Crippen MR) is 46.7 cm³/mol. The highest BCUT2D eigenvalue weighted by Gasteiger charge is 1.95. The lowest BCUT2D eigenvalue weighted by atomic mass is 11.9. The van der Waals surface area contributed by atoms with E-state index in [1.165, 1.54) is 0 Å². The molecule has 7 heavy (non-hydrogen) atoms. The molecule has 0 atom stereocenters. The van der Waals surface area contributed by atoms with Gasteiger partial charge in [0.2, 0.25) is 0 Å². The van der Waals surface area contributed by atoms with Gasteiger partial charge in [-0.05, 0) is 0 Å². The first-order chi connectivity index (χ1) is 3.13. The van der Waals surface area contributed by atoms with Crippen molar-refractivity contribution >= 4 is 47.5 Å². The van der Waals surface area contributed by atoms with Crippen molar-refractivity contribution in [2.45, 2.75) is 13.1 Å². The van der Waals surface area contributed by atoms with Crippen LogP contribution in [0, 0.1) is 0 Å². The number of hydrogen-bond donors (Lipinski definition) is 1. The third-order valence-corrected chi connectivity index (χ3v) is 4.19. The predicted octanol–water partition coefficient (Wildman–Crippen LogP) is 2.19. The normalized spacial score (nSPS) is 9.71. The van der Waals surface area contributed by atoms with Crippen LogP contribution in [-0.2, 0) is 0 Å². The number of thiocarbonyl (C=S) groups is 1. The van der Waals surface area contributed by atoms with E-state index in [1.807, 2.05) is 0 Å². The zero-order valence-corrected chi connectivity index (χ0v) is 7.79. The van der Waals surface area contributed by atoms with Crippen LogP contribution in [0.25, 0.3) is 0 Å². The fourth-order valence-corrected chi connectivity index (χ4v) is 4.71. The summed E-state index contributed by atoms with van der Waals surface area (Å²) >= 11 is 10.4. The molecule has 4 heteroatoms. The lowest BCUT2D eigenvalue weighted by Gasteiger charge is -1.94. The maximum absolute atomic E-state index is 4.72. The molecule has 0 saturated heterocycles. The molecule has 0 aliphatic carbocycles. The van der Waals surface area contributed by atoms with Crippen molar-refractivity contribution in [3.63, 3.8) is 0 Å². The molecular weight excluding hydrogens is 160 g/mol. The zero-order chi connectivity index (χ0) is 5.86. The Morgan fingerprint density at radius 3 is 2.14 bits per heavy atom. The van der Waals surface area contributed by atoms with Crippen LogP contribution in [0.1, 0.15) is 0 Å². The summed E-state index contributed by atoms with van der Waals surface area (Å²) in [7, 11) is -0.235. The number of rotatable bonds is 1. The van der Waals surface area contributed by atoms with Gasteiger partial charge < -0.3 is 0 Å². The fraction of sp³-hybridized carbons (Fsp3) is 0.667. The van der Waals surface area contributed by atoms with Crippen LogP contribution in [0.3, 0.4) is 0 Å². The van der Waals surface area contributed by atoms with Gasteiger partial charge in [-0.3, -0.25) is 0 Å². The maximum Gasteiger partial charge on any atom is 0.123 e. The molecule has 0 aliphatic rings. The van der Waals surface area contributed by atoms with Gasteiger partial charge in [0.05, 0.1) is 3.53 Å². The summed E-state index contributed by atoms with van der Waals surface area (Å²) in [6.45, 7) is 4.38. The molecule has 0 rings (SSSR count). The standard InChI is InChI=1S/C3H7S3Si/c1-7(2)6-3(4)5/h1-2H3,(H,4,5). The van der Waals surface area contributed by atoms with Crippen molar-refractivity contribution in [3.8, 4) is 0 Å². The molecule has 0 saturated carbocycles. The van der Waals surface area contributed by atoms with Gasteiger partial charge in [-0.1, -0.05) is 25.3 Å². The van der Waals surface area contributed by atoms with E-state index in [1.54, 1.807) is 11.2 Å². The van der Waals surface area contributed by atoms with Gasteiger partial charge in [0, 0.05) is 0 Å². The SMILES string of the molecule is C[Si](C)SC(=S)S. The van der Waals surface area contributed by atoms with Gasteiger partial charge in [0.25, 0.3) is 0 Å². The van der Waals surface area contributed by atoms with E-state index in [2.05, 4.69) is 25.7 Å². The Balaban J connectivity index is 3.13. The van der Waals surface area contributed by atoms with Crippen molar-refractivity contribution < 1.29 is 0 Å². The summed E-state index contributed by atoms with van der Waals surface area (Å²) in [5, 5.41) is 0. The van der Waals surface area contributed by atoms with Crippen LogP contribution >= 0.6 is 36.1 Å². The van der Waals surface area contributed by atoms with E-state index >= 15 is 0 Å². The Labute approximate surface area is 60.7 Å². The first kappa shape index (κ1) is 8.01. The zero-order valence-electron chi connectivity index (χ0n) is 4.26. The average molecular weight is 167 g/mol. The second-order valence-electron chi connectivity index (χ2n) is 1.28. The van der Waals surface area contributed by atoms with Gasteiger partial charge >= 0.3 is 0 Å². The second kappa shape index (κ2) is 3.94. The third-order valence-electron chi connectivity index (χ3n) is 0.291. The summed E-state index contributed by atoms with van der Waals surface area (Å²) in [5.41, 5.74) is 0. The van der Waals surface area contributed by atoms with E-state index in [0.717, 1.165) is 3.53 Å². The average Bonchev–Trinajstić information content (AvgIpc) is 1.27. The van der Waals surface area contributed by atoms with Crippen LogP contribution in [0.4, 0.5) is 0 Å². The molecule has 0 amide bonds. The van der Waals surface area contributed by atoms with E-state index in [4.69, 9.17) is 12.2 Å². The van der Waals surface area contributed by atoms with E-state index in [9.17, 15) is 0 Å². The van der Waals surface area contributed by atoms with E-state index in [0.29, 0.717) is 0 Å². The Bertz CT molecular complexity index is 70.6. The highest BCUT2D eigenvalue weighted by molar-refractivity contribution is 8.53. The molecule has 0 aliphatic heterocycles. The summed E-state index contributed by atoms with van der Waals surface area (Å²) in [6.07, 6.45) is 0.